The van der Waals surface area contributed by atoms with E-state index in [2.05, 4.69) is 35.7 Å². The number of hydrogen-bond donors (Lipinski definition) is 1. The normalized spacial score (nSPS) is 27.7. The zero-order chi connectivity index (χ0) is 12.3. The first-order valence-corrected chi connectivity index (χ1v) is 7.03. The second-order valence-electron chi connectivity index (χ2n) is 5.15. The van der Waals surface area contributed by atoms with Gasteiger partial charge < -0.3 is 5.11 Å². The maximum Gasteiger partial charge on any atom is 0.307 e. The third-order valence-corrected chi connectivity index (χ3v) is 5.14. The zero-order valence-corrected chi connectivity index (χ0v) is 10.5. The molecule has 1 fully saturated rings. The highest BCUT2D eigenvalue weighted by Gasteiger charge is 2.59. The Hall–Kier alpha value is -1.61. The summed E-state index contributed by atoms with van der Waals surface area (Å²) in [6, 6.07) is 10.7. The Bertz CT molecular complexity index is 630. The van der Waals surface area contributed by atoms with Gasteiger partial charge in [0.05, 0.1) is 5.92 Å². The van der Waals surface area contributed by atoms with Gasteiger partial charge in [-0.25, -0.2) is 0 Å². The highest BCUT2D eigenvalue weighted by Crippen LogP contribution is 2.61. The van der Waals surface area contributed by atoms with E-state index in [1.807, 2.05) is 0 Å². The first kappa shape index (κ1) is 10.3. The number of aliphatic carboxylic acids is 1. The summed E-state index contributed by atoms with van der Waals surface area (Å²) >= 11 is 1.74. The number of carbonyl (C=O) groups is 1. The van der Waals surface area contributed by atoms with E-state index in [9.17, 15) is 4.79 Å². The lowest BCUT2D eigenvalue weighted by molar-refractivity contribution is -0.139. The summed E-state index contributed by atoms with van der Waals surface area (Å²) < 4.78 is 0. The lowest BCUT2D eigenvalue weighted by Gasteiger charge is -2.07. The molecule has 0 radical (unpaired) electrons. The van der Waals surface area contributed by atoms with E-state index >= 15 is 0 Å². The van der Waals surface area contributed by atoms with Gasteiger partial charge in [-0.05, 0) is 40.5 Å². The maximum absolute atomic E-state index is 11.0. The highest BCUT2D eigenvalue weighted by molar-refractivity contribution is 7.13. The van der Waals surface area contributed by atoms with Gasteiger partial charge in [0, 0.05) is 10.8 Å². The van der Waals surface area contributed by atoms with Gasteiger partial charge in [0.25, 0.3) is 0 Å². The molecule has 0 amide bonds. The van der Waals surface area contributed by atoms with Crippen LogP contribution in [-0.2, 0) is 11.2 Å². The molecule has 2 nitrogen and oxygen atoms in total. The van der Waals surface area contributed by atoms with Crippen LogP contribution in [0.4, 0.5) is 0 Å². The van der Waals surface area contributed by atoms with Gasteiger partial charge in [-0.15, -0.1) is 11.3 Å². The summed E-state index contributed by atoms with van der Waals surface area (Å²) in [6.07, 6.45) is 0.941. The predicted octanol–water partition coefficient (Wildman–Crippen LogP) is 3.39. The van der Waals surface area contributed by atoms with Crippen molar-refractivity contribution in [3.63, 3.8) is 0 Å². The lowest BCUT2D eigenvalue weighted by atomic mass is 9.99. The van der Waals surface area contributed by atoms with Crippen LogP contribution >= 0.6 is 11.3 Å². The fourth-order valence-corrected chi connectivity index (χ4v) is 4.07. The summed E-state index contributed by atoms with van der Waals surface area (Å²) in [4.78, 5) is 12.3. The molecule has 0 bridgehead atoms. The van der Waals surface area contributed by atoms with Crippen molar-refractivity contribution in [1.29, 1.82) is 0 Å². The molecular weight excluding hydrogens is 244 g/mol. The fourth-order valence-electron chi connectivity index (χ4n) is 3.35. The Labute approximate surface area is 109 Å². The fraction of sp³-hybridized carbons (Fsp3) is 0.267. The smallest absolute Gasteiger partial charge is 0.307 e. The predicted molar refractivity (Wildman–Crippen MR) is 70.8 cm³/mol. The van der Waals surface area contributed by atoms with Crippen molar-refractivity contribution in [1.82, 2.24) is 0 Å². The molecule has 4 rings (SSSR count). The summed E-state index contributed by atoms with van der Waals surface area (Å²) in [6.45, 7) is 0. The number of fused-ring (bicyclic) bond motifs is 3. The topological polar surface area (TPSA) is 37.3 Å². The van der Waals surface area contributed by atoms with E-state index in [1.165, 1.54) is 21.6 Å². The first-order valence-electron chi connectivity index (χ1n) is 6.15. The van der Waals surface area contributed by atoms with Gasteiger partial charge in [0.2, 0.25) is 0 Å². The summed E-state index contributed by atoms with van der Waals surface area (Å²) in [7, 11) is 0. The molecule has 0 aliphatic heterocycles. The third kappa shape index (κ3) is 1.31. The number of hydrogen-bond acceptors (Lipinski definition) is 2. The van der Waals surface area contributed by atoms with Crippen LogP contribution in [-0.4, -0.2) is 11.1 Å². The minimum absolute atomic E-state index is 0.120. The second kappa shape index (κ2) is 3.45. The maximum atomic E-state index is 11.0. The van der Waals surface area contributed by atoms with Crippen molar-refractivity contribution >= 4 is 17.3 Å². The highest BCUT2D eigenvalue weighted by atomic mass is 32.1. The quantitative estimate of drug-likeness (QED) is 0.894. The van der Waals surface area contributed by atoms with E-state index in [0.717, 1.165) is 6.42 Å². The van der Waals surface area contributed by atoms with Crippen molar-refractivity contribution in [3.8, 4) is 10.4 Å². The number of rotatable bonds is 2. The van der Waals surface area contributed by atoms with Crippen LogP contribution in [0.2, 0.25) is 0 Å². The van der Waals surface area contributed by atoms with E-state index < -0.39 is 5.97 Å². The van der Waals surface area contributed by atoms with E-state index in [4.69, 9.17) is 5.11 Å². The minimum atomic E-state index is -0.627. The van der Waals surface area contributed by atoms with Crippen molar-refractivity contribution < 1.29 is 9.90 Å². The molecular formula is C15H12O2S. The van der Waals surface area contributed by atoms with E-state index in [0.29, 0.717) is 5.92 Å². The minimum Gasteiger partial charge on any atom is -0.481 e. The number of thiophene rings is 1. The summed E-state index contributed by atoms with van der Waals surface area (Å²) in [5.74, 6) is -0.103. The number of carboxylic acid groups (broad SMARTS) is 1. The summed E-state index contributed by atoms with van der Waals surface area (Å²) in [5, 5.41) is 11.2. The molecule has 3 atom stereocenters. The van der Waals surface area contributed by atoms with Gasteiger partial charge in [-0.2, -0.15) is 0 Å². The van der Waals surface area contributed by atoms with E-state index in [1.54, 1.807) is 11.3 Å². The van der Waals surface area contributed by atoms with Crippen molar-refractivity contribution in [3.05, 3.63) is 46.8 Å². The average molecular weight is 256 g/mol. The Morgan fingerprint density at radius 1 is 1.33 bits per heavy atom. The number of carboxylic acids is 1. The second-order valence-corrected chi connectivity index (χ2v) is 6.10. The third-order valence-electron chi connectivity index (χ3n) is 4.22. The molecule has 1 aromatic carbocycles. The molecule has 90 valence electrons. The molecule has 1 N–H and O–H groups in total. The van der Waals surface area contributed by atoms with Crippen LogP contribution < -0.4 is 0 Å². The molecule has 1 aromatic heterocycles. The van der Waals surface area contributed by atoms with Gasteiger partial charge in [-0.1, -0.05) is 24.3 Å². The average Bonchev–Trinajstić information content (AvgIpc) is 2.79. The Morgan fingerprint density at radius 3 is 2.94 bits per heavy atom. The van der Waals surface area contributed by atoms with Crippen molar-refractivity contribution in [2.24, 2.45) is 11.8 Å². The molecule has 2 aromatic rings. The first-order chi connectivity index (χ1) is 8.75. The Balaban J connectivity index is 1.71. The van der Waals surface area contributed by atoms with Crippen LogP contribution in [0.3, 0.4) is 0 Å². The monoisotopic (exact) mass is 256 g/mol. The van der Waals surface area contributed by atoms with Gasteiger partial charge >= 0.3 is 5.97 Å². The molecule has 2 aliphatic carbocycles. The zero-order valence-electron chi connectivity index (χ0n) is 9.67. The van der Waals surface area contributed by atoms with Crippen LogP contribution in [0.25, 0.3) is 10.4 Å². The van der Waals surface area contributed by atoms with Crippen LogP contribution in [0.5, 0.6) is 0 Å². The van der Waals surface area contributed by atoms with Crippen LogP contribution in [0.15, 0.2) is 35.7 Å². The molecule has 2 aliphatic rings. The Kier molecular flexibility index (Phi) is 1.98. The largest absolute Gasteiger partial charge is 0.481 e. The SMILES string of the molecule is O=C(O)C1C2Cc3cc(-c4cccs4)ccc3C21. The molecule has 3 heteroatoms. The molecule has 3 unspecified atom stereocenters. The van der Waals surface area contributed by atoms with E-state index in [-0.39, 0.29) is 11.8 Å². The Morgan fingerprint density at radius 2 is 2.22 bits per heavy atom. The molecule has 1 saturated carbocycles. The molecule has 18 heavy (non-hydrogen) atoms. The van der Waals surface area contributed by atoms with Crippen LogP contribution in [0, 0.1) is 11.8 Å². The summed E-state index contributed by atoms with van der Waals surface area (Å²) in [5.41, 5.74) is 3.89. The standard InChI is InChI=1S/C15H12O2S/c16-15(17)14-11-7-9-6-8(12-2-1-5-18-12)3-4-10(9)13(11)14/h1-6,11,13-14H,7H2,(H,16,17). The van der Waals surface area contributed by atoms with Crippen molar-refractivity contribution in [2.45, 2.75) is 12.3 Å². The molecule has 0 spiro atoms. The van der Waals surface area contributed by atoms with Crippen LogP contribution in [0.1, 0.15) is 17.0 Å². The van der Waals surface area contributed by atoms with Gasteiger partial charge in [0.1, 0.15) is 0 Å². The molecule has 1 heterocycles. The van der Waals surface area contributed by atoms with Crippen molar-refractivity contribution in [2.75, 3.05) is 0 Å². The van der Waals surface area contributed by atoms with Gasteiger partial charge in [-0.3, -0.25) is 4.79 Å². The van der Waals surface area contributed by atoms with Gasteiger partial charge in [0.15, 0.2) is 0 Å². The molecule has 0 saturated heterocycles. The number of benzene rings is 1. The lowest BCUT2D eigenvalue weighted by Crippen LogP contribution is -2.05.